The van der Waals surface area contributed by atoms with Crippen molar-refractivity contribution in [1.82, 2.24) is 15.1 Å². The summed E-state index contributed by atoms with van der Waals surface area (Å²) >= 11 is 0. The van der Waals surface area contributed by atoms with Crippen LogP contribution >= 0.6 is 0 Å². The first kappa shape index (κ1) is 19.1. The largest absolute Gasteiger partial charge is 0.391 e. The zero-order chi connectivity index (χ0) is 19.4. The van der Waals surface area contributed by atoms with Crippen molar-refractivity contribution in [3.05, 3.63) is 53.3 Å². The number of aryl methyl sites for hydroxylation is 1. The van der Waals surface area contributed by atoms with E-state index in [0.717, 1.165) is 18.6 Å². The molecule has 6 nitrogen and oxygen atoms in total. The number of benzene rings is 1. The molecule has 0 spiro atoms. The molecule has 3 rings (SSSR count). The molecule has 2 aromatic rings. The predicted molar refractivity (Wildman–Crippen MR) is 106 cm³/mol. The van der Waals surface area contributed by atoms with Crippen molar-refractivity contribution in [2.75, 3.05) is 6.54 Å². The minimum Gasteiger partial charge on any atom is -0.391 e. The SMILES string of the molecule is CCC1C(CNC(=O)c2ccnn2C(C)C)=NOC1Cc1cccc(C)c1. The minimum atomic E-state index is -0.138. The Morgan fingerprint density at radius 2 is 2.15 bits per heavy atom. The number of amides is 1. The highest BCUT2D eigenvalue weighted by Gasteiger charge is 2.33. The van der Waals surface area contributed by atoms with E-state index < -0.39 is 0 Å². The van der Waals surface area contributed by atoms with Gasteiger partial charge in [0.05, 0.1) is 12.3 Å². The van der Waals surface area contributed by atoms with Crippen LogP contribution in [0.5, 0.6) is 0 Å². The molecular formula is C21H28N4O2. The smallest absolute Gasteiger partial charge is 0.269 e. The monoisotopic (exact) mass is 368 g/mol. The molecule has 6 heteroatoms. The first-order valence-corrected chi connectivity index (χ1v) is 9.59. The van der Waals surface area contributed by atoms with Gasteiger partial charge in [0, 0.05) is 24.6 Å². The van der Waals surface area contributed by atoms with Crippen LogP contribution in [0.2, 0.25) is 0 Å². The van der Waals surface area contributed by atoms with E-state index in [4.69, 9.17) is 4.84 Å². The predicted octanol–water partition coefficient (Wildman–Crippen LogP) is 3.53. The molecule has 2 heterocycles. The van der Waals surface area contributed by atoms with E-state index in [1.165, 1.54) is 11.1 Å². The molecule has 2 unspecified atom stereocenters. The molecule has 1 aromatic carbocycles. The van der Waals surface area contributed by atoms with E-state index in [2.05, 4.69) is 53.7 Å². The molecule has 0 bridgehead atoms. The third-order valence-electron chi connectivity index (χ3n) is 4.96. The van der Waals surface area contributed by atoms with E-state index in [1.54, 1.807) is 16.9 Å². The molecule has 1 aliphatic heterocycles. The number of hydrogen-bond acceptors (Lipinski definition) is 4. The Morgan fingerprint density at radius 3 is 2.85 bits per heavy atom. The second-order valence-electron chi connectivity index (χ2n) is 7.37. The number of carbonyl (C=O) groups is 1. The van der Waals surface area contributed by atoms with Crippen molar-refractivity contribution < 1.29 is 9.63 Å². The van der Waals surface area contributed by atoms with Crippen LogP contribution in [0.15, 0.2) is 41.7 Å². The van der Waals surface area contributed by atoms with Gasteiger partial charge in [0.2, 0.25) is 0 Å². The van der Waals surface area contributed by atoms with E-state index in [1.807, 2.05) is 13.8 Å². The van der Waals surface area contributed by atoms with Gasteiger partial charge < -0.3 is 10.2 Å². The first-order chi connectivity index (χ1) is 13.0. The summed E-state index contributed by atoms with van der Waals surface area (Å²) in [6.45, 7) is 8.62. The molecule has 0 aliphatic carbocycles. The molecule has 1 aromatic heterocycles. The summed E-state index contributed by atoms with van der Waals surface area (Å²) in [6.07, 6.45) is 3.42. The van der Waals surface area contributed by atoms with Crippen LogP contribution in [0.25, 0.3) is 0 Å². The van der Waals surface area contributed by atoms with Gasteiger partial charge in [-0.25, -0.2) is 0 Å². The molecular weight excluding hydrogens is 340 g/mol. The molecule has 0 fully saturated rings. The fraction of sp³-hybridized carbons (Fsp3) is 0.476. The summed E-state index contributed by atoms with van der Waals surface area (Å²) in [5.41, 5.74) is 3.96. The molecule has 0 saturated carbocycles. The van der Waals surface area contributed by atoms with Gasteiger partial charge in [-0.3, -0.25) is 9.48 Å². The summed E-state index contributed by atoms with van der Waals surface area (Å²) < 4.78 is 1.72. The molecule has 2 atom stereocenters. The van der Waals surface area contributed by atoms with Gasteiger partial charge in [-0.05, 0) is 38.8 Å². The van der Waals surface area contributed by atoms with Gasteiger partial charge in [-0.1, -0.05) is 41.9 Å². The lowest BCUT2D eigenvalue weighted by atomic mass is 9.90. The highest BCUT2D eigenvalue weighted by Crippen LogP contribution is 2.25. The fourth-order valence-corrected chi connectivity index (χ4v) is 3.57. The van der Waals surface area contributed by atoms with Gasteiger partial charge in [0.25, 0.3) is 5.91 Å². The van der Waals surface area contributed by atoms with Crippen molar-refractivity contribution in [3.8, 4) is 0 Å². The molecule has 27 heavy (non-hydrogen) atoms. The summed E-state index contributed by atoms with van der Waals surface area (Å²) in [6, 6.07) is 10.3. The van der Waals surface area contributed by atoms with Gasteiger partial charge in [0.15, 0.2) is 0 Å². The minimum absolute atomic E-state index is 0.0184. The Bertz CT molecular complexity index is 825. The highest BCUT2D eigenvalue weighted by atomic mass is 16.6. The standard InChI is InChI=1S/C21H28N4O2/c1-5-17-18(13-22-21(26)19-9-10-23-25(19)14(2)3)24-27-20(17)12-16-8-6-7-15(4)11-16/h6-11,14,17,20H,5,12-13H2,1-4H3,(H,22,26). The normalized spacial score (nSPS) is 19.1. The fourth-order valence-electron chi connectivity index (χ4n) is 3.57. The lowest BCUT2D eigenvalue weighted by molar-refractivity contribution is 0.0614. The van der Waals surface area contributed by atoms with E-state index in [0.29, 0.717) is 12.2 Å². The summed E-state index contributed by atoms with van der Waals surface area (Å²) in [7, 11) is 0. The van der Waals surface area contributed by atoms with E-state index in [9.17, 15) is 4.79 Å². The highest BCUT2D eigenvalue weighted by molar-refractivity contribution is 5.97. The Labute approximate surface area is 160 Å². The number of oxime groups is 1. The molecule has 1 amide bonds. The third-order valence-corrected chi connectivity index (χ3v) is 4.96. The molecule has 1 N–H and O–H groups in total. The summed E-state index contributed by atoms with van der Waals surface area (Å²) in [5, 5.41) is 11.5. The van der Waals surface area contributed by atoms with Gasteiger partial charge in [-0.15, -0.1) is 0 Å². The number of nitrogens with zero attached hydrogens (tertiary/aromatic N) is 3. The number of carbonyl (C=O) groups excluding carboxylic acids is 1. The lowest BCUT2D eigenvalue weighted by Crippen LogP contribution is -2.35. The zero-order valence-electron chi connectivity index (χ0n) is 16.5. The van der Waals surface area contributed by atoms with Crippen molar-refractivity contribution >= 4 is 11.6 Å². The molecule has 0 saturated heterocycles. The van der Waals surface area contributed by atoms with Crippen molar-refractivity contribution in [3.63, 3.8) is 0 Å². The Kier molecular flexibility index (Phi) is 5.94. The summed E-state index contributed by atoms with van der Waals surface area (Å²) in [4.78, 5) is 18.2. The van der Waals surface area contributed by atoms with Crippen LogP contribution < -0.4 is 5.32 Å². The van der Waals surface area contributed by atoms with Crippen LogP contribution in [0.4, 0.5) is 0 Å². The maximum absolute atomic E-state index is 12.5. The quantitative estimate of drug-likeness (QED) is 0.813. The maximum Gasteiger partial charge on any atom is 0.269 e. The first-order valence-electron chi connectivity index (χ1n) is 9.59. The van der Waals surface area contributed by atoms with Crippen molar-refractivity contribution in [2.24, 2.45) is 11.1 Å². The maximum atomic E-state index is 12.5. The van der Waals surface area contributed by atoms with Gasteiger partial charge in [0.1, 0.15) is 11.8 Å². The Morgan fingerprint density at radius 1 is 1.33 bits per heavy atom. The Hall–Kier alpha value is -2.63. The third kappa shape index (κ3) is 4.38. The van der Waals surface area contributed by atoms with Crippen LogP contribution in [0.1, 0.15) is 54.8 Å². The molecule has 144 valence electrons. The average molecular weight is 368 g/mol. The second-order valence-corrected chi connectivity index (χ2v) is 7.37. The topological polar surface area (TPSA) is 68.5 Å². The zero-order valence-corrected chi connectivity index (χ0v) is 16.5. The summed E-state index contributed by atoms with van der Waals surface area (Å²) in [5.74, 6) is 0.0710. The van der Waals surface area contributed by atoms with Crippen LogP contribution in [0, 0.1) is 12.8 Å². The van der Waals surface area contributed by atoms with Gasteiger partial charge in [-0.2, -0.15) is 5.10 Å². The van der Waals surface area contributed by atoms with Crippen LogP contribution in [-0.4, -0.2) is 34.0 Å². The number of nitrogens with one attached hydrogen (secondary N) is 1. The number of aromatic nitrogens is 2. The Balaban J connectivity index is 1.60. The van der Waals surface area contributed by atoms with Crippen LogP contribution in [-0.2, 0) is 11.3 Å². The number of hydrogen-bond donors (Lipinski definition) is 1. The number of rotatable bonds is 7. The average Bonchev–Trinajstić information content (AvgIpc) is 3.26. The van der Waals surface area contributed by atoms with Crippen LogP contribution in [0.3, 0.4) is 0 Å². The van der Waals surface area contributed by atoms with Crippen molar-refractivity contribution in [2.45, 2.75) is 52.7 Å². The molecule has 1 aliphatic rings. The molecule has 0 radical (unpaired) electrons. The van der Waals surface area contributed by atoms with E-state index >= 15 is 0 Å². The van der Waals surface area contributed by atoms with E-state index in [-0.39, 0.29) is 24.0 Å². The van der Waals surface area contributed by atoms with Crippen molar-refractivity contribution in [1.29, 1.82) is 0 Å². The lowest BCUT2D eigenvalue weighted by Gasteiger charge is -2.18. The second kappa shape index (κ2) is 8.37. The van der Waals surface area contributed by atoms with Gasteiger partial charge >= 0.3 is 0 Å².